The van der Waals surface area contributed by atoms with Crippen molar-refractivity contribution in [2.75, 3.05) is 0 Å². The predicted octanol–water partition coefficient (Wildman–Crippen LogP) is -2.32. The Kier molecular flexibility index (Phi) is 2.63. The van der Waals surface area contributed by atoms with E-state index in [2.05, 4.69) is 5.10 Å². The molecule has 70 valence electrons. The molecule has 0 unspecified atom stereocenters. The third-order valence-electron chi connectivity index (χ3n) is 1.43. The first-order valence-electron chi connectivity index (χ1n) is 3.59. The Balaban J connectivity index is 2.88. The lowest BCUT2D eigenvalue weighted by Gasteiger charge is -2.04. The number of carbonyl (C=O) groups is 1. The van der Waals surface area contributed by atoms with E-state index in [0.717, 1.165) is 16.8 Å². The number of hydrogen-bond donors (Lipinski definition) is 1. The van der Waals surface area contributed by atoms with Crippen molar-refractivity contribution in [2.45, 2.75) is 13.0 Å². The Morgan fingerprint density at radius 3 is 2.77 bits per heavy atom. The molecule has 0 atom stereocenters. The topological polar surface area (TPSA) is 95.0 Å². The zero-order chi connectivity index (χ0) is 9.84. The van der Waals surface area contributed by atoms with Crippen molar-refractivity contribution < 1.29 is 9.90 Å². The number of aliphatic carboxylic acids is 1. The summed E-state index contributed by atoms with van der Waals surface area (Å²) in [5.74, 6) is -1.27. The Labute approximate surface area is 72.4 Å². The molecule has 1 N–H and O–H groups in total. The van der Waals surface area contributed by atoms with Crippen molar-refractivity contribution in [1.29, 1.82) is 0 Å². The Morgan fingerprint density at radius 1 is 1.46 bits per heavy atom. The fourth-order valence-electron chi connectivity index (χ4n) is 0.832. The number of aromatic nitrogens is 2. The molecule has 1 rings (SSSR count). The summed E-state index contributed by atoms with van der Waals surface area (Å²) in [4.78, 5) is 31.7. The first kappa shape index (κ1) is 9.24. The number of carbonyl (C=O) groups excluding carboxylic acids is 1. The largest absolute Gasteiger partial charge is 0.550 e. The average molecular weight is 183 g/mol. The monoisotopic (exact) mass is 183 g/mol. The van der Waals surface area contributed by atoms with Gasteiger partial charge in [0.05, 0.1) is 0 Å². The molecule has 6 heteroatoms. The van der Waals surface area contributed by atoms with Crippen molar-refractivity contribution in [3.05, 3.63) is 32.8 Å². The van der Waals surface area contributed by atoms with Gasteiger partial charge in [-0.2, -0.15) is 0 Å². The number of hydrogen-bond acceptors (Lipinski definition) is 4. The average Bonchev–Trinajstić information content (AvgIpc) is 2.06. The second kappa shape index (κ2) is 3.70. The molecular formula is C7H7N2O4-. The van der Waals surface area contributed by atoms with Gasteiger partial charge in [-0.1, -0.05) is 0 Å². The molecule has 6 nitrogen and oxygen atoms in total. The number of nitrogens with one attached hydrogen (secondary N) is 1. The molecule has 1 heterocycles. The van der Waals surface area contributed by atoms with E-state index in [-0.39, 0.29) is 13.0 Å². The van der Waals surface area contributed by atoms with E-state index in [1.165, 1.54) is 0 Å². The molecule has 0 aromatic carbocycles. The molecule has 0 aliphatic heterocycles. The van der Waals surface area contributed by atoms with E-state index in [9.17, 15) is 19.5 Å². The van der Waals surface area contributed by atoms with Gasteiger partial charge in [0.15, 0.2) is 0 Å². The number of aryl methyl sites for hydroxylation is 1. The summed E-state index contributed by atoms with van der Waals surface area (Å²) in [6.45, 7) is -0.0861. The number of H-pyrrole nitrogens is 1. The molecule has 13 heavy (non-hydrogen) atoms. The number of rotatable bonds is 3. The van der Waals surface area contributed by atoms with E-state index in [1.807, 2.05) is 0 Å². The molecule has 0 amide bonds. The molecule has 0 fully saturated rings. The van der Waals surface area contributed by atoms with Gasteiger partial charge in [-0.3, -0.25) is 14.7 Å². The highest BCUT2D eigenvalue weighted by atomic mass is 16.4. The normalized spacial score (nSPS) is 9.85. The zero-order valence-corrected chi connectivity index (χ0v) is 6.65. The van der Waals surface area contributed by atoms with Crippen LogP contribution in [0.3, 0.4) is 0 Å². The second-order valence-corrected chi connectivity index (χ2v) is 2.42. The minimum atomic E-state index is -1.27. The van der Waals surface area contributed by atoms with Crippen LogP contribution in [0.5, 0.6) is 0 Å². The van der Waals surface area contributed by atoms with Gasteiger partial charge < -0.3 is 9.90 Å². The maximum absolute atomic E-state index is 11.0. The third-order valence-corrected chi connectivity index (χ3v) is 1.43. The van der Waals surface area contributed by atoms with Crippen molar-refractivity contribution >= 4 is 5.97 Å². The van der Waals surface area contributed by atoms with Crippen LogP contribution >= 0.6 is 0 Å². The van der Waals surface area contributed by atoms with Gasteiger partial charge in [-0.25, -0.2) is 4.68 Å². The SMILES string of the molecule is O=C([O-])CCn1[nH]c(=O)ccc1=O. The van der Waals surface area contributed by atoms with Crippen LogP contribution in [-0.2, 0) is 11.3 Å². The van der Waals surface area contributed by atoms with E-state index < -0.39 is 17.1 Å². The van der Waals surface area contributed by atoms with Gasteiger partial charge in [0.1, 0.15) is 0 Å². The van der Waals surface area contributed by atoms with Crippen molar-refractivity contribution in [2.24, 2.45) is 0 Å². The van der Waals surface area contributed by atoms with Crippen LogP contribution < -0.4 is 16.2 Å². The summed E-state index contributed by atoms with van der Waals surface area (Å²) in [5, 5.41) is 12.2. The number of nitrogens with zero attached hydrogens (tertiary/aromatic N) is 1. The molecule has 0 saturated heterocycles. The van der Waals surface area contributed by atoms with Crippen molar-refractivity contribution in [3.8, 4) is 0 Å². The highest BCUT2D eigenvalue weighted by molar-refractivity contribution is 5.63. The van der Waals surface area contributed by atoms with Crippen LogP contribution in [0.1, 0.15) is 6.42 Å². The number of carboxylic acid groups (broad SMARTS) is 1. The lowest BCUT2D eigenvalue weighted by Crippen LogP contribution is -2.31. The fraction of sp³-hybridized carbons (Fsp3) is 0.286. The van der Waals surface area contributed by atoms with Gasteiger partial charge in [-0.15, -0.1) is 0 Å². The highest BCUT2D eigenvalue weighted by Gasteiger charge is 1.95. The van der Waals surface area contributed by atoms with Crippen molar-refractivity contribution in [1.82, 2.24) is 9.78 Å². The molecule has 0 bridgehead atoms. The van der Waals surface area contributed by atoms with E-state index >= 15 is 0 Å². The van der Waals surface area contributed by atoms with Gasteiger partial charge in [-0.05, 0) is 0 Å². The minimum absolute atomic E-state index is 0.0861. The van der Waals surface area contributed by atoms with E-state index in [1.54, 1.807) is 0 Å². The Bertz CT molecular complexity index is 417. The minimum Gasteiger partial charge on any atom is -0.550 e. The van der Waals surface area contributed by atoms with Crippen LogP contribution in [0, 0.1) is 0 Å². The maximum Gasteiger partial charge on any atom is 0.265 e. The molecule has 1 aromatic heterocycles. The van der Waals surface area contributed by atoms with Crippen LogP contribution in [0.2, 0.25) is 0 Å². The lowest BCUT2D eigenvalue weighted by molar-refractivity contribution is -0.306. The zero-order valence-electron chi connectivity index (χ0n) is 6.65. The smallest absolute Gasteiger partial charge is 0.265 e. The molecule has 0 aliphatic carbocycles. The van der Waals surface area contributed by atoms with Crippen LogP contribution in [-0.4, -0.2) is 15.7 Å². The van der Waals surface area contributed by atoms with Gasteiger partial charge in [0, 0.05) is 31.1 Å². The second-order valence-electron chi connectivity index (χ2n) is 2.42. The molecule has 0 saturated carbocycles. The van der Waals surface area contributed by atoms with Gasteiger partial charge in [0.2, 0.25) is 0 Å². The third kappa shape index (κ3) is 2.58. The summed E-state index contributed by atoms with van der Waals surface area (Å²) in [6.07, 6.45) is -0.306. The first-order valence-corrected chi connectivity index (χ1v) is 3.59. The predicted molar refractivity (Wildman–Crippen MR) is 40.9 cm³/mol. The summed E-state index contributed by atoms with van der Waals surface area (Å²) < 4.78 is 0.929. The summed E-state index contributed by atoms with van der Waals surface area (Å²) in [5.41, 5.74) is -0.890. The first-order chi connectivity index (χ1) is 6.09. The molecule has 1 aromatic rings. The number of aromatic amines is 1. The maximum atomic E-state index is 11.0. The van der Waals surface area contributed by atoms with E-state index in [4.69, 9.17) is 0 Å². The van der Waals surface area contributed by atoms with Crippen molar-refractivity contribution in [3.63, 3.8) is 0 Å². The molecular weight excluding hydrogens is 176 g/mol. The fourth-order valence-corrected chi connectivity index (χ4v) is 0.832. The van der Waals surface area contributed by atoms with Crippen LogP contribution in [0.4, 0.5) is 0 Å². The highest BCUT2D eigenvalue weighted by Crippen LogP contribution is 1.79. The van der Waals surface area contributed by atoms with Gasteiger partial charge >= 0.3 is 0 Å². The van der Waals surface area contributed by atoms with Crippen LogP contribution in [0.15, 0.2) is 21.7 Å². The Hall–Kier alpha value is -1.85. The summed E-state index contributed by atoms with van der Waals surface area (Å²) >= 11 is 0. The molecule has 0 spiro atoms. The van der Waals surface area contributed by atoms with Gasteiger partial charge in [0.25, 0.3) is 11.1 Å². The quantitative estimate of drug-likeness (QED) is 0.568. The van der Waals surface area contributed by atoms with E-state index in [0.29, 0.717) is 0 Å². The Morgan fingerprint density at radius 2 is 2.15 bits per heavy atom. The molecule has 0 radical (unpaired) electrons. The summed E-state index contributed by atoms with van der Waals surface area (Å²) in [7, 11) is 0. The molecule has 0 aliphatic rings. The summed E-state index contributed by atoms with van der Waals surface area (Å²) in [6, 6.07) is 2.16. The van der Waals surface area contributed by atoms with Crippen LogP contribution in [0.25, 0.3) is 0 Å². The number of carboxylic acids is 1. The standard InChI is InChI=1S/C7H8N2O4/c10-5-1-2-6(11)9(8-5)4-3-7(12)13/h1-2H,3-4H2,(H,8,10)(H,12,13)/p-1. The lowest BCUT2D eigenvalue weighted by atomic mass is 10.4.